The van der Waals surface area contributed by atoms with Crippen molar-refractivity contribution in [1.82, 2.24) is 4.31 Å². The van der Waals surface area contributed by atoms with E-state index in [1.165, 1.54) is 16.4 Å². The van der Waals surface area contributed by atoms with Crippen molar-refractivity contribution in [3.05, 3.63) is 101 Å². The Bertz CT molecular complexity index is 1320. The highest BCUT2D eigenvalue weighted by atomic mass is 32.2. The van der Waals surface area contributed by atoms with Crippen LogP contribution in [0, 0.1) is 31.5 Å². The maximum Gasteiger partial charge on any atom is 0.243 e. The summed E-state index contributed by atoms with van der Waals surface area (Å²) < 4.78 is 43.1. The molecule has 2 N–H and O–H groups in total. The number of rotatable bonds is 9. The zero-order valence-corrected chi connectivity index (χ0v) is 22.3. The molecule has 0 bridgehead atoms. The lowest BCUT2D eigenvalue weighted by molar-refractivity contribution is -0.121. The highest BCUT2D eigenvalue weighted by Gasteiger charge is 2.35. The number of sulfonamides is 1. The largest absolute Gasteiger partial charge is 0.369 e. The van der Waals surface area contributed by atoms with Crippen LogP contribution in [0.2, 0.25) is 0 Å². The Kier molecular flexibility index (Phi) is 8.45. The van der Waals surface area contributed by atoms with Crippen LogP contribution in [0.4, 0.5) is 4.39 Å². The average Bonchev–Trinajstić information content (AvgIpc) is 2.88. The van der Waals surface area contributed by atoms with Crippen molar-refractivity contribution >= 4 is 15.9 Å². The molecule has 0 aliphatic heterocycles. The minimum absolute atomic E-state index is 0.00489. The van der Waals surface area contributed by atoms with E-state index in [1.54, 1.807) is 6.92 Å². The summed E-state index contributed by atoms with van der Waals surface area (Å²) in [5.41, 5.74) is 9.30. The lowest BCUT2D eigenvalue weighted by Gasteiger charge is -2.35. The molecule has 0 aromatic heterocycles. The van der Waals surface area contributed by atoms with Gasteiger partial charge in [-0.15, -0.1) is 0 Å². The van der Waals surface area contributed by atoms with Crippen molar-refractivity contribution in [2.24, 2.45) is 17.6 Å². The van der Waals surface area contributed by atoms with Gasteiger partial charge < -0.3 is 5.73 Å². The number of carbonyl (C=O) groups is 1. The van der Waals surface area contributed by atoms with Crippen molar-refractivity contribution in [2.75, 3.05) is 6.54 Å². The van der Waals surface area contributed by atoms with Gasteiger partial charge in [0, 0.05) is 13.1 Å². The monoisotopic (exact) mass is 522 g/mol. The summed E-state index contributed by atoms with van der Waals surface area (Å²) in [6, 6.07) is 21.3. The molecule has 0 spiro atoms. The second-order valence-corrected chi connectivity index (χ2v) is 12.2. The Morgan fingerprint density at radius 1 is 0.973 bits per heavy atom. The fraction of sp³-hybridized carbons (Fsp3) is 0.367. The number of nitrogens with zero attached hydrogens (tertiary/aromatic N) is 1. The van der Waals surface area contributed by atoms with Gasteiger partial charge in [0.2, 0.25) is 15.9 Å². The fourth-order valence-corrected chi connectivity index (χ4v) is 7.20. The topological polar surface area (TPSA) is 80.5 Å². The molecule has 1 aliphatic carbocycles. The molecule has 0 radical (unpaired) electrons. The number of amides is 1. The van der Waals surface area contributed by atoms with Crippen LogP contribution in [0.25, 0.3) is 0 Å². The van der Waals surface area contributed by atoms with Crippen molar-refractivity contribution < 1.29 is 17.6 Å². The van der Waals surface area contributed by atoms with E-state index in [-0.39, 0.29) is 35.1 Å². The number of carbonyl (C=O) groups excluding carboxylic acids is 1. The van der Waals surface area contributed by atoms with Gasteiger partial charge in [-0.3, -0.25) is 4.79 Å². The number of benzene rings is 3. The van der Waals surface area contributed by atoms with Crippen molar-refractivity contribution in [3.63, 3.8) is 0 Å². The number of nitrogens with two attached hydrogens (primary N) is 1. The molecule has 1 amide bonds. The van der Waals surface area contributed by atoms with Gasteiger partial charge in [0.05, 0.1) is 10.8 Å². The maximum atomic E-state index is 14.1. The summed E-state index contributed by atoms with van der Waals surface area (Å²) in [4.78, 5) is 12.4. The Morgan fingerprint density at radius 3 is 2.24 bits per heavy atom. The first-order valence-electron chi connectivity index (χ1n) is 12.8. The van der Waals surface area contributed by atoms with Crippen LogP contribution in [0.3, 0.4) is 0 Å². The molecular formula is C30H35FN2O3S. The molecule has 7 heteroatoms. The average molecular weight is 523 g/mol. The molecule has 5 nitrogen and oxygen atoms in total. The number of aryl methyl sites for hydroxylation is 2. The third-order valence-corrected chi connectivity index (χ3v) is 9.49. The van der Waals surface area contributed by atoms with Crippen LogP contribution in [0.5, 0.6) is 0 Å². The Morgan fingerprint density at radius 2 is 1.62 bits per heavy atom. The molecule has 3 aromatic carbocycles. The molecule has 3 aromatic rings. The van der Waals surface area contributed by atoms with Gasteiger partial charge in [-0.05, 0) is 80.2 Å². The number of primary amides is 1. The van der Waals surface area contributed by atoms with Crippen LogP contribution in [0.1, 0.15) is 53.9 Å². The molecule has 37 heavy (non-hydrogen) atoms. The van der Waals surface area contributed by atoms with E-state index in [0.717, 1.165) is 48.4 Å². The van der Waals surface area contributed by atoms with E-state index in [9.17, 15) is 17.6 Å². The predicted molar refractivity (Wildman–Crippen MR) is 144 cm³/mol. The second-order valence-electron chi connectivity index (χ2n) is 10.3. The van der Waals surface area contributed by atoms with Gasteiger partial charge >= 0.3 is 0 Å². The molecule has 1 atom stereocenters. The first-order chi connectivity index (χ1) is 17.6. The molecule has 0 heterocycles. The summed E-state index contributed by atoms with van der Waals surface area (Å²) in [5, 5.41) is 0. The highest BCUT2D eigenvalue weighted by Crippen LogP contribution is 2.39. The SMILES string of the molecule is Cc1ccc(C(C(N)=O)C2CCC(CN(Cc3ccccc3)S(=O)(=O)c3cc(F)ccc3C)CC2)cc1. The van der Waals surface area contributed by atoms with Gasteiger partial charge in [0.25, 0.3) is 0 Å². The van der Waals surface area contributed by atoms with E-state index < -0.39 is 15.8 Å². The maximum absolute atomic E-state index is 14.1. The number of hydrogen-bond donors (Lipinski definition) is 1. The van der Waals surface area contributed by atoms with Gasteiger partial charge in [0.1, 0.15) is 5.82 Å². The lowest BCUT2D eigenvalue weighted by Crippen LogP contribution is -2.37. The van der Waals surface area contributed by atoms with Crippen LogP contribution < -0.4 is 5.73 Å². The summed E-state index contributed by atoms with van der Waals surface area (Å²) in [6.45, 7) is 4.25. The predicted octanol–water partition coefficient (Wildman–Crippen LogP) is 5.71. The highest BCUT2D eigenvalue weighted by molar-refractivity contribution is 7.89. The van der Waals surface area contributed by atoms with E-state index >= 15 is 0 Å². The molecule has 1 aliphatic rings. The lowest BCUT2D eigenvalue weighted by atomic mass is 9.73. The van der Waals surface area contributed by atoms with Crippen molar-refractivity contribution in [2.45, 2.75) is 56.9 Å². The Balaban J connectivity index is 1.53. The van der Waals surface area contributed by atoms with Crippen LogP contribution in [-0.4, -0.2) is 25.2 Å². The van der Waals surface area contributed by atoms with Crippen molar-refractivity contribution in [1.29, 1.82) is 0 Å². The first kappa shape index (κ1) is 27.0. The van der Waals surface area contributed by atoms with Gasteiger partial charge in [0.15, 0.2) is 0 Å². The summed E-state index contributed by atoms with van der Waals surface area (Å²) >= 11 is 0. The minimum Gasteiger partial charge on any atom is -0.369 e. The third kappa shape index (κ3) is 6.46. The smallest absolute Gasteiger partial charge is 0.243 e. The molecule has 1 saturated carbocycles. The summed E-state index contributed by atoms with van der Waals surface area (Å²) in [7, 11) is -3.92. The van der Waals surface area contributed by atoms with Crippen LogP contribution >= 0.6 is 0 Å². The minimum atomic E-state index is -3.92. The summed E-state index contributed by atoms with van der Waals surface area (Å²) in [6.07, 6.45) is 3.18. The zero-order chi connectivity index (χ0) is 26.6. The molecule has 4 rings (SSSR count). The molecule has 0 saturated heterocycles. The van der Waals surface area contributed by atoms with E-state index in [2.05, 4.69) is 0 Å². The van der Waals surface area contributed by atoms with Gasteiger partial charge in [-0.1, -0.05) is 66.2 Å². The van der Waals surface area contributed by atoms with Gasteiger partial charge in [-0.25, -0.2) is 12.8 Å². The standard InChI is InChI=1S/C30H35FN2O3S/c1-21-8-13-25(14-9-21)29(30(32)34)26-15-11-24(12-16-26)20-33(19-23-6-4-3-5-7-23)37(35,36)28-18-27(31)17-10-22(28)2/h3-10,13-14,17-18,24,26,29H,11-12,15-16,19-20H2,1-2H3,(H2,32,34). The van der Waals surface area contributed by atoms with E-state index in [1.807, 2.05) is 61.5 Å². The van der Waals surface area contributed by atoms with Crippen LogP contribution in [0.15, 0.2) is 77.7 Å². The zero-order valence-electron chi connectivity index (χ0n) is 21.4. The number of halogens is 1. The Labute approximate surface area is 219 Å². The Hall–Kier alpha value is -3.03. The van der Waals surface area contributed by atoms with Crippen LogP contribution in [-0.2, 0) is 21.4 Å². The van der Waals surface area contributed by atoms with E-state index in [0.29, 0.717) is 12.1 Å². The second kappa shape index (κ2) is 11.6. The molecule has 1 unspecified atom stereocenters. The normalized spacial score (nSPS) is 19.0. The summed E-state index contributed by atoms with van der Waals surface area (Å²) in [5.74, 6) is -0.975. The fourth-order valence-electron chi connectivity index (χ4n) is 5.46. The molecule has 196 valence electrons. The first-order valence-corrected chi connectivity index (χ1v) is 14.2. The molecule has 1 fully saturated rings. The van der Waals surface area contributed by atoms with E-state index in [4.69, 9.17) is 5.73 Å². The third-order valence-electron chi connectivity index (χ3n) is 7.54. The quantitative estimate of drug-likeness (QED) is 0.391. The van der Waals surface area contributed by atoms with Crippen molar-refractivity contribution in [3.8, 4) is 0 Å². The van der Waals surface area contributed by atoms with Gasteiger partial charge in [-0.2, -0.15) is 4.31 Å². The molecular weight excluding hydrogens is 487 g/mol. The number of hydrogen-bond acceptors (Lipinski definition) is 3.